The number of benzene rings is 1. The third-order valence-corrected chi connectivity index (χ3v) is 6.69. The van der Waals surface area contributed by atoms with Gasteiger partial charge in [-0.15, -0.1) is 0 Å². The number of nitrogens with one attached hydrogen (secondary N) is 1. The van der Waals surface area contributed by atoms with Gasteiger partial charge in [0.15, 0.2) is 0 Å². The van der Waals surface area contributed by atoms with Crippen molar-refractivity contribution in [1.29, 1.82) is 0 Å². The Morgan fingerprint density at radius 1 is 1.18 bits per heavy atom. The number of halogens is 3. The summed E-state index contributed by atoms with van der Waals surface area (Å²) >= 11 is 0. The Hall–Kier alpha value is -3.20. The quantitative estimate of drug-likeness (QED) is 0.488. The minimum Gasteiger partial charge on any atom is -0.383 e. The number of aliphatic hydroxyl groups is 1. The molecule has 1 unspecified atom stereocenters. The molecule has 0 saturated heterocycles. The van der Waals surface area contributed by atoms with Gasteiger partial charge >= 0.3 is 5.92 Å². The van der Waals surface area contributed by atoms with E-state index in [1.165, 1.54) is 12.1 Å². The van der Waals surface area contributed by atoms with E-state index < -0.39 is 28.8 Å². The van der Waals surface area contributed by atoms with E-state index in [9.17, 15) is 5.11 Å². The average molecular weight is 470 g/mol. The van der Waals surface area contributed by atoms with E-state index in [4.69, 9.17) is 0 Å². The minimum absolute atomic E-state index is 0.0597. The Balaban J connectivity index is 1.44. The first-order valence-corrected chi connectivity index (χ1v) is 11.3. The number of hydrogen-bond donors (Lipinski definition) is 2. The van der Waals surface area contributed by atoms with Gasteiger partial charge in [0.25, 0.3) is 0 Å². The normalized spacial score (nSPS) is 17.9. The molecule has 34 heavy (non-hydrogen) atoms. The highest BCUT2D eigenvalue weighted by Gasteiger charge is 2.59. The number of aryl methyl sites for hydroxylation is 1. The highest BCUT2D eigenvalue weighted by molar-refractivity contribution is 5.90. The zero-order valence-electron chi connectivity index (χ0n) is 19.0. The van der Waals surface area contributed by atoms with Crippen molar-refractivity contribution in [3.63, 3.8) is 0 Å². The maximum Gasteiger partial charge on any atom is 0.304 e. The van der Waals surface area contributed by atoms with Gasteiger partial charge in [-0.05, 0) is 44.7 Å². The molecule has 9 heteroatoms. The Labute approximate surface area is 195 Å². The summed E-state index contributed by atoms with van der Waals surface area (Å²) in [6.07, 6.45) is 6.81. The first-order chi connectivity index (χ1) is 16.2. The number of nitrogens with zero attached hydrogens (tertiary/aromatic N) is 4. The fraction of sp³-hybridized carbons (Fsp3) is 0.400. The zero-order chi connectivity index (χ0) is 24.1. The number of rotatable bonds is 7. The fourth-order valence-electron chi connectivity index (χ4n) is 4.42. The van der Waals surface area contributed by atoms with Crippen LogP contribution in [-0.2, 0) is 12.5 Å². The second-order valence-corrected chi connectivity index (χ2v) is 9.18. The van der Waals surface area contributed by atoms with E-state index >= 15 is 13.2 Å². The monoisotopic (exact) mass is 469 g/mol. The fourth-order valence-corrected chi connectivity index (χ4v) is 4.42. The van der Waals surface area contributed by atoms with E-state index in [1.54, 1.807) is 13.1 Å². The SMILES string of the molecule is Cc1nc(NCc2cccc(C(F)(F)C(C)(O)C3CC3)c2F)c2cc(N3CC=CC3)ncc2n1. The molecule has 0 spiro atoms. The first kappa shape index (κ1) is 22.6. The smallest absolute Gasteiger partial charge is 0.304 e. The number of hydrogen-bond acceptors (Lipinski definition) is 6. The molecule has 3 heterocycles. The van der Waals surface area contributed by atoms with Crippen LogP contribution in [-0.4, -0.2) is 38.7 Å². The van der Waals surface area contributed by atoms with Crippen LogP contribution >= 0.6 is 0 Å². The van der Waals surface area contributed by atoms with Gasteiger partial charge < -0.3 is 15.3 Å². The van der Waals surface area contributed by atoms with E-state index in [0.29, 0.717) is 35.4 Å². The van der Waals surface area contributed by atoms with Gasteiger partial charge in [-0.25, -0.2) is 19.3 Å². The summed E-state index contributed by atoms with van der Waals surface area (Å²) in [5.74, 6) is -3.53. The van der Waals surface area contributed by atoms with Crippen LogP contribution in [0.5, 0.6) is 0 Å². The predicted molar refractivity (Wildman–Crippen MR) is 124 cm³/mol. The second-order valence-electron chi connectivity index (χ2n) is 9.18. The van der Waals surface area contributed by atoms with Crippen LogP contribution in [0.2, 0.25) is 0 Å². The number of fused-ring (bicyclic) bond motifs is 1. The lowest BCUT2D eigenvalue weighted by Gasteiger charge is -2.33. The predicted octanol–water partition coefficient (Wildman–Crippen LogP) is 4.71. The topological polar surface area (TPSA) is 74.2 Å². The van der Waals surface area contributed by atoms with Gasteiger partial charge in [0.2, 0.25) is 0 Å². The summed E-state index contributed by atoms with van der Waals surface area (Å²) < 4.78 is 45.5. The summed E-state index contributed by atoms with van der Waals surface area (Å²) in [5.41, 5.74) is -2.40. The standard InChI is InChI=1S/C25H26F3N5O/c1-15-31-20-14-29-21(33-10-3-4-11-33)12-18(20)23(32-15)30-13-16-6-5-7-19(22(16)26)25(27,28)24(2,34)17-8-9-17/h3-7,12,14,17,34H,8-11,13H2,1-2H3,(H,30,31,32). The molecule has 1 aliphatic carbocycles. The first-order valence-electron chi connectivity index (χ1n) is 11.3. The van der Waals surface area contributed by atoms with Crippen LogP contribution in [0, 0.1) is 18.7 Å². The van der Waals surface area contributed by atoms with Crippen molar-refractivity contribution in [2.24, 2.45) is 5.92 Å². The van der Waals surface area contributed by atoms with Crippen LogP contribution in [0.25, 0.3) is 10.9 Å². The van der Waals surface area contributed by atoms with Gasteiger partial charge in [0.05, 0.1) is 17.3 Å². The van der Waals surface area contributed by atoms with Crippen molar-refractivity contribution in [2.45, 2.75) is 44.8 Å². The summed E-state index contributed by atoms with van der Waals surface area (Å²) in [6.45, 7) is 4.28. The average Bonchev–Trinajstić information content (AvgIpc) is 3.53. The van der Waals surface area contributed by atoms with Gasteiger partial charge in [-0.2, -0.15) is 8.78 Å². The van der Waals surface area contributed by atoms with Gasteiger partial charge in [-0.3, -0.25) is 0 Å². The minimum atomic E-state index is -3.71. The second kappa shape index (κ2) is 8.23. The van der Waals surface area contributed by atoms with Crippen molar-refractivity contribution < 1.29 is 18.3 Å². The Morgan fingerprint density at radius 3 is 2.62 bits per heavy atom. The molecule has 3 aromatic rings. The summed E-state index contributed by atoms with van der Waals surface area (Å²) in [4.78, 5) is 15.5. The maximum absolute atomic E-state index is 15.3. The van der Waals surface area contributed by atoms with Crippen LogP contribution in [0.4, 0.5) is 24.8 Å². The van der Waals surface area contributed by atoms with Crippen LogP contribution in [0.1, 0.15) is 36.7 Å². The van der Waals surface area contributed by atoms with Crippen molar-refractivity contribution in [1.82, 2.24) is 15.0 Å². The number of alkyl halides is 2. The van der Waals surface area contributed by atoms with E-state index in [1.807, 2.05) is 6.07 Å². The highest BCUT2D eigenvalue weighted by atomic mass is 19.3. The molecule has 0 bridgehead atoms. The molecule has 1 fully saturated rings. The molecule has 0 amide bonds. The highest BCUT2D eigenvalue weighted by Crippen LogP contribution is 2.52. The van der Waals surface area contributed by atoms with Crippen molar-refractivity contribution in [3.8, 4) is 0 Å². The largest absolute Gasteiger partial charge is 0.383 e. The number of pyridine rings is 1. The zero-order valence-corrected chi connectivity index (χ0v) is 19.0. The third kappa shape index (κ3) is 3.87. The van der Waals surface area contributed by atoms with Gasteiger partial charge in [0, 0.05) is 30.6 Å². The van der Waals surface area contributed by atoms with E-state index in [-0.39, 0.29) is 12.1 Å². The molecule has 2 N–H and O–H groups in total. The van der Waals surface area contributed by atoms with Crippen LogP contribution < -0.4 is 10.2 Å². The van der Waals surface area contributed by atoms with Crippen molar-refractivity contribution in [2.75, 3.05) is 23.3 Å². The molecule has 178 valence electrons. The van der Waals surface area contributed by atoms with Gasteiger partial charge in [-0.1, -0.05) is 24.3 Å². The maximum atomic E-state index is 15.3. The molecule has 1 atom stereocenters. The molecule has 1 aliphatic heterocycles. The molecule has 2 aliphatic rings. The van der Waals surface area contributed by atoms with Crippen LogP contribution in [0.15, 0.2) is 42.6 Å². The lowest BCUT2D eigenvalue weighted by atomic mass is 9.86. The number of anilines is 2. The molecular formula is C25H26F3N5O. The van der Waals surface area contributed by atoms with Crippen LogP contribution in [0.3, 0.4) is 0 Å². The van der Waals surface area contributed by atoms with Crippen molar-refractivity contribution in [3.05, 3.63) is 65.4 Å². The molecule has 1 saturated carbocycles. The molecule has 0 radical (unpaired) electrons. The molecular weight excluding hydrogens is 443 g/mol. The Bertz CT molecular complexity index is 1260. The number of aromatic nitrogens is 3. The van der Waals surface area contributed by atoms with E-state index in [0.717, 1.165) is 31.9 Å². The molecule has 1 aromatic carbocycles. The van der Waals surface area contributed by atoms with E-state index in [2.05, 4.69) is 37.3 Å². The Morgan fingerprint density at radius 2 is 1.91 bits per heavy atom. The summed E-state index contributed by atoms with van der Waals surface area (Å²) in [7, 11) is 0. The molecule has 5 rings (SSSR count). The molecule has 2 aromatic heterocycles. The Kier molecular flexibility index (Phi) is 5.47. The van der Waals surface area contributed by atoms with Gasteiger partial charge in [0.1, 0.15) is 28.9 Å². The lowest BCUT2D eigenvalue weighted by molar-refractivity contribution is -0.191. The molecule has 6 nitrogen and oxygen atoms in total. The summed E-state index contributed by atoms with van der Waals surface area (Å²) in [6, 6.07) is 5.75. The van der Waals surface area contributed by atoms with Crippen molar-refractivity contribution >= 4 is 22.5 Å². The summed E-state index contributed by atoms with van der Waals surface area (Å²) in [5, 5.41) is 14.3. The lowest BCUT2D eigenvalue weighted by Crippen LogP contribution is -2.45. The third-order valence-electron chi connectivity index (χ3n) is 6.69.